The number of carbonyl (C=O) groups is 1. The van der Waals surface area contributed by atoms with Gasteiger partial charge >= 0.3 is 0 Å². The average Bonchev–Trinajstić information content (AvgIpc) is 3.28. The minimum atomic E-state index is -3.66. The number of aryl methyl sites for hydroxylation is 2. The van der Waals surface area contributed by atoms with Crippen molar-refractivity contribution >= 4 is 15.9 Å². The lowest BCUT2D eigenvalue weighted by Crippen LogP contribution is -2.45. The molecule has 10 heteroatoms. The lowest BCUT2D eigenvalue weighted by Gasteiger charge is -2.33. The summed E-state index contributed by atoms with van der Waals surface area (Å²) in [4.78, 5) is 14.8. The molecule has 0 aromatic carbocycles. The van der Waals surface area contributed by atoms with Gasteiger partial charge < -0.3 is 4.90 Å². The fourth-order valence-corrected chi connectivity index (χ4v) is 5.24. The van der Waals surface area contributed by atoms with Crippen LogP contribution in [0.15, 0.2) is 23.4 Å². The Morgan fingerprint density at radius 2 is 2.14 bits per heavy atom. The van der Waals surface area contributed by atoms with E-state index in [1.54, 1.807) is 30.6 Å². The summed E-state index contributed by atoms with van der Waals surface area (Å²) in [5.74, 6) is -0.396. The molecule has 3 rings (SSSR count). The van der Waals surface area contributed by atoms with E-state index in [4.69, 9.17) is 0 Å². The van der Waals surface area contributed by atoms with E-state index < -0.39 is 10.0 Å². The molecule has 28 heavy (non-hydrogen) atoms. The van der Waals surface area contributed by atoms with Crippen molar-refractivity contribution in [1.29, 1.82) is 0 Å². The normalized spacial score (nSPS) is 18.4. The second-order valence-electron chi connectivity index (χ2n) is 7.28. The molecule has 0 bridgehead atoms. The van der Waals surface area contributed by atoms with Gasteiger partial charge in [0.25, 0.3) is 0 Å². The van der Waals surface area contributed by atoms with Crippen molar-refractivity contribution < 1.29 is 13.2 Å². The standard InChI is InChI=1S/C18H28N6O3S/c1-5-23-10-8-16(20-23)13-21(3)18(25)15-7-6-9-24(12-15)28(26,27)17-11-19-22(4)14(17)2/h8,10-11,15H,5-7,9,12-13H2,1-4H3/t15-/m1/s1. The third-order valence-corrected chi connectivity index (χ3v) is 7.30. The maximum Gasteiger partial charge on any atom is 0.246 e. The molecule has 0 aliphatic carbocycles. The quantitative estimate of drug-likeness (QED) is 0.711. The molecule has 0 radical (unpaired) electrons. The molecule has 2 aromatic heterocycles. The summed E-state index contributed by atoms with van der Waals surface area (Å²) < 4.78 is 30.8. The molecule has 1 aliphatic heterocycles. The number of amides is 1. The van der Waals surface area contributed by atoms with Crippen LogP contribution in [0.1, 0.15) is 31.2 Å². The van der Waals surface area contributed by atoms with Gasteiger partial charge in [0.1, 0.15) is 4.90 Å². The number of nitrogens with zero attached hydrogens (tertiary/aromatic N) is 6. The molecular weight excluding hydrogens is 380 g/mol. The number of rotatable bonds is 6. The molecule has 154 valence electrons. The summed E-state index contributed by atoms with van der Waals surface area (Å²) >= 11 is 0. The molecule has 0 saturated carbocycles. The summed E-state index contributed by atoms with van der Waals surface area (Å²) in [6.07, 6.45) is 4.61. The predicted molar refractivity (Wildman–Crippen MR) is 104 cm³/mol. The first-order chi connectivity index (χ1) is 13.2. The summed E-state index contributed by atoms with van der Waals surface area (Å²) in [6, 6.07) is 1.90. The van der Waals surface area contributed by atoms with E-state index in [2.05, 4.69) is 10.2 Å². The number of hydrogen-bond donors (Lipinski definition) is 0. The summed E-state index contributed by atoms with van der Waals surface area (Å²) in [7, 11) is -0.203. The first-order valence-corrected chi connectivity index (χ1v) is 10.9. The van der Waals surface area contributed by atoms with E-state index in [0.29, 0.717) is 31.6 Å². The van der Waals surface area contributed by atoms with Crippen LogP contribution in [0.4, 0.5) is 0 Å². The third-order valence-electron chi connectivity index (χ3n) is 5.34. The van der Waals surface area contributed by atoms with Crippen molar-refractivity contribution in [3.8, 4) is 0 Å². The van der Waals surface area contributed by atoms with E-state index in [9.17, 15) is 13.2 Å². The Labute approximate surface area is 166 Å². The molecular formula is C18H28N6O3S. The van der Waals surface area contributed by atoms with Gasteiger partial charge in [-0.3, -0.25) is 14.2 Å². The van der Waals surface area contributed by atoms with E-state index in [-0.39, 0.29) is 23.3 Å². The van der Waals surface area contributed by atoms with Crippen LogP contribution in [-0.2, 0) is 35.0 Å². The Bertz CT molecular complexity index is 948. The van der Waals surface area contributed by atoms with Crippen LogP contribution >= 0.6 is 0 Å². The highest BCUT2D eigenvalue weighted by Crippen LogP contribution is 2.26. The topological polar surface area (TPSA) is 93.3 Å². The van der Waals surface area contributed by atoms with Crippen molar-refractivity contribution in [3.63, 3.8) is 0 Å². The van der Waals surface area contributed by atoms with Crippen molar-refractivity contribution in [2.45, 2.75) is 44.7 Å². The first-order valence-electron chi connectivity index (χ1n) is 9.50. The largest absolute Gasteiger partial charge is 0.340 e. The number of carbonyl (C=O) groups excluding carboxylic acids is 1. The van der Waals surface area contributed by atoms with Crippen LogP contribution in [0, 0.1) is 12.8 Å². The van der Waals surface area contributed by atoms with Gasteiger partial charge in [0.05, 0.1) is 30.0 Å². The minimum Gasteiger partial charge on any atom is -0.340 e. The van der Waals surface area contributed by atoms with Crippen molar-refractivity contribution in [2.75, 3.05) is 20.1 Å². The zero-order valence-electron chi connectivity index (χ0n) is 16.9. The van der Waals surface area contributed by atoms with E-state index in [0.717, 1.165) is 12.2 Å². The highest BCUT2D eigenvalue weighted by Gasteiger charge is 2.35. The molecule has 1 atom stereocenters. The van der Waals surface area contributed by atoms with E-state index in [1.807, 2.05) is 23.9 Å². The molecule has 0 spiro atoms. The average molecular weight is 409 g/mol. The van der Waals surface area contributed by atoms with Gasteiger partial charge in [0, 0.05) is 39.9 Å². The molecule has 2 aromatic rings. The Morgan fingerprint density at radius 1 is 1.39 bits per heavy atom. The summed E-state index contributed by atoms with van der Waals surface area (Å²) in [6.45, 7) is 5.55. The second kappa shape index (κ2) is 8.04. The maximum absolute atomic E-state index is 13.0. The Kier molecular flexibility index (Phi) is 5.90. The highest BCUT2D eigenvalue weighted by atomic mass is 32.2. The van der Waals surface area contributed by atoms with Gasteiger partial charge in [0.2, 0.25) is 15.9 Å². The molecule has 1 fully saturated rings. The number of piperidine rings is 1. The maximum atomic E-state index is 13.0. The van der Waals surface area contributed by atoms with Gasteiger partial charge in [-0.05, 0) is 32.8 Å². The number of aromatic nitrogens is 4. The van der Waals surface area contributed by atoms with Crippen LogP contribution in [-0.4, -0.2) is 63.2 Å². The van der Waals surface area contributed by atoms with Crippen molar-refractivity contribution in [1.82, 2.24) is 28.8 Å². The smallest absolute Gasteiger partial charge is 0.246 e. The zero-order chi connectivity index (χ0) is 20.5. The molecule has 0 N–H and O–H groups in total. The van der Waals surface area contributed by atoms with Crippen molar-refractivity contribution in [3.05, 3.63) is 29.8 Å². The monoisotopic (exact) mass is 408 g/mol. The Morgan fingerprint density at radius 3 is 2.75 bits per heavy atom. The second-order valence-corrected chi connectivity index (χ2v) is 9.18. The van der Waals surface area contributed by atoms with Crippen LogP contribution < -0.4 is 0 Å². The Balaban J connectivity index is 1.70. The highest BCUT2D eigenvalue weighted by molar-refractivity contribution is 7.89. The van der Waals surface area contributed by atoms with Gasteiger partial charge in [-0.2, -0.15) is 14.5 Å². The zero-order valence-corrected chi connectivity index (χ0v) is 17.7. The number of sulfonamides is 1. The van der Waals surface area contributed by atoms with Gasteiger partial charge in [0.15, 0.2) is 0 Å². The van der Waals surface area contributed by atoms with Crippen LogP contribution in [0.2, 0.25) is 0 Å². The van der Waals surface area contributed by atoms with Crippen molar-refractivity contribution in [2.24, 2.45) is 13.0 Å². The summed E-state index contributed by atoms with van der Waals surface area (Å²) in [5.41, 5.74) is 1.42. The van der Waals surface area contributed by atoms with Crippen LogP contribution in [0.3, 0.4) is 0 Å². The number of hydrogen-bond acceptors (Lipinski definition) is 5. The van der Waals surface area contributed by atoms with Gasteiger partial charge in [-0.25, -0.2) is 8.42 Å². The third kappa shape index (κ3) is 3.97. The predicted octanol–water partition coefficient (Wildman–Crippen LogP) is 1.00. The van der Waals surface area contributed by atoms with Crippen LogP contribution in [0.5, 0.6) is 0 Å². The molecule has 3 heterocycles. The lowest BCUT2D eigenvalue weighted by atomic mass is 9.98. The summed E-state index contributed by atoms with van der Waals surface area (Å²) in [5, 5.41) is 8.45. The molecule has 1 saturated heterocycles. The van der Waals surface area contributed by atoms with Crippen LogP contribution in [0.25, 0.3) is 0 Å². The Hall–Kier alpha value is -2.20. The molecule has 9 nitrogen and oxygen atoms in total. The molecule has 0 unspecified atom stereocenters. The van der Waals surface area contributed by atoms with E-state index >= 15 is 0 Å². The van der Waals surface area contributed by atoms with Gasteiger partial charge in [-0.1, -0.05) is 0 Å². The fraction of sp³-hybridized carbons (Fsp3) is 0.611. The molecule has 1 aliphatic rings. The first kappa shape index (κ1) is 20.5. The SMILES string of the molecule is CCn1ccc(CN(C)C(=O)[C@@H]2CCCN(S(=O)(=O)c3cnn(C)c3C)C2)n1. The van der Waals surface area contributed by atoms with Gasteiger partial charge in [-0.15, -0.1) is 0 Å². The fourth-order valence-electron chi connectivity index (χ4n) is 3.53. The minimum absolute atomic E-state index is 0.0474. The molecule has 1 amide bonds. The lowest BCUT2D eigenvalue weighted by molar-refractivity contribution is -0.135. The van der Waals surface area contributed by atoms with E-state index in [1.165, 1.54) is 10.5 Å².